The highest BCUT2D eigenvalue weighted by Gasteiger charge is 2.17. The minimum absolute atomic E-state index is 0.0763. The fourth-order valence-corrected chi connectivity index (χ4v) is 1.66. The van der Waals surface area contributed by atoms with Crippen LogP contribution in [0, 0.1) is 0 Å². The Morgan fingerprint density at radius 2 is 1.75 bits per heavy atom. The van der Waals surface area contributed by atoms with Crippen molar-refractivity contribution in [2.45, 2.75) is 0 Å². The molecule has 2 aromatic rings. The number of carbonyl (C=O) groups is 1. The van der Waals surface area contributed by atoms with Gasteiger partial charge in [-0.15, -0.1) is 0 Å². The predicted molar refractivity (Wildman–Crippen MR) is 61.9 cm³/mol. The van der Waals surface area contributed by atoms with Crippen LogP contribution in [0.5, 0.6) is 0 Å². The van der Waals surface area contributed by atoms with Crippen molar-refractivity contribution in [2.24, 2.45) is 0 Å². The SMILES string of the molecule is O=C(c1ccccc1Cl)c1nccnc1Cl. The summed E-state index contributed by atoms with van der Waals surface area (Å²) in [6.07, 6.45) is 2.83. The lowest BCUT2D eigenvalue weighted by atomic mass is 10.1. The lowest BCUT2D eigenvalue weighted by Crippen LogP contribution is -2.06. The van der Waals surface area contributed by atoms with Gasteiger partial charge in [0.05, 0.1) is 5.02 Å². The molecule has 16 heavy (non-hydrogen) atoms. The third kappa shape index (κ3) is 2.05. The van der Waals surface area contributed by atoms with Gasteiger partial charge in [0.2, 0.25) is 5.78 Å². The zero-order valence-electron chi connectivity index (χ0n) is 8.02. The molecule has 0 unspecified atom stereocenters. The predicted octanol–water partition coefficient (Wildman–Crippen LogP) is 3.01. The first kappa shape index (κ1) is 11.0. The molecule has 80 valence electrons. The van der Waals surface area contributed by atoms with E-state index in [9.17, 15) is 4.79 Å². The van der Waals surface area contributed by atoms with Gasteiger partial charge in [0.15, 0.2) is 5.15 Å². The average Bonchev–Trinajstić information content (AvgIpc) is 2.29. The van der Waals surface area contributed by atoms with Crippen LogP contribution in [-0.4, -0.2) is 15.8 Å². The summed E-state index contributed by atoms with van der Waals surface area (Å²) in [4.78, 5) is 19.7. The van der Waals surface area contributed by atoms with Crippen LogP contribution in [0.15, 0.2) is 36.7 Å². The number of halogens is 2. The molecule has 0 radical (unpaired) electrons. The molecular formula is C11H6Cl2N2O. The van der Waals surface area contributed by atoms with E-state index in [0.29, 0.717) is 10.6 Å². The van der Waals surface area contributed by atoms with Gasteiger partial charge in [0.1, 0.15) is 5.69 Å². The van der Waals surface area contributed by atoms with Crippen LogP contribution in [0.1, 0.15) is 16.1 Å². The highest BCUT2D eigenvalue weighted by molar-refractivity contribution is 6.37. The Hall–Kier alpha value is -1.45. The molecule has 0 amide bonds. The summed E-state index contributed by atoms with van der Waals surface area (Å²) in [5.74, 6) is -0.330. The van der Waals surface area contributed by atoms with Crippen molar-refractivity contribution in [2.75, 3.05) is 0 Å². The van der Waals surface area contributed by atoms with E-state index in [0.717, 1.165) is 0 Å². The second-order valence-electron chi connectivity index (χ2n) is 3.00. The first-order valence-corrected chi connectivity index (χ1v) is 5.21. The molecule has 1 aromatic carbocycles. The zero-order chi connectivity index (χ0) is 11.5. The molecule has 0 saturated carbocycles. The van der Waals surface area contributed by atoms with Crippen LogP contribution >= 0.6 is 23.2 Å². The van der Waals surface area contributed by atoms with E-state index in [1.807, 2.05) is 0 Å². The number of nitrogens with zero attached hydrogens (tertiary/aromatic N) is 2. The number of hydrogen-bond acceptors (Lipinski definition) is 3. The Labute approximate surface area is 102 Å². The number of carbonyl (C=O) groups excluding carboxylic acids is 1. The second kappa shape index (κ2) is 4.60. The standard InChI is InChI=1S/C11H6Cl2N2O/c12-8-4-2-1-3-7(8)10(16)9-11(13)15-6-5-14-9/h1-6H. The molecule has 0 spiro atoms. The molecule has 3 nitrogen and oxygen atoms in total. The molecule has 0 saturated heterocycles. The summed E-state index contributed by atoms with van der Waals surface area (Å²) in [6, 6.07) is 6.73. The zero-order valence-corrected chi connectivity index (χ0v) is 9.53. The number of ketones is 1. The van der Waals surface area contributed by atoms with Crippen molar-refractivity contribution in [3.05, 3.63) is 58.1 Å². The van der Waals surface area contributed by atoms with Crippen molar-refractivity contribution in [3.8, 4) is 0 Å². The summed E-state index contributed by atoms with van der Waals surface area (Å²) in [6.45, 7) is 0. The Morgan fingerprint density at radius 3 is 2.44 bits per heavy atom. The van der Waals surface area contributed by atoms with Crippen molar-refractivity contribution < 1.29 is 4.79 Å². The molecule has 1 aromatic heterocycles. The molecule has 0 N–H and O–H groups in total. The van der Waals surface area contributed by atoms with Gasteiger partial charge in [-0.2, -0.15) is 0 Å². The van der Waals surface area contributed by atoms with Crippen LogP contribution in [0.2, 0.25) is 10.2 Å². The maximum atomic E-state index is 12.0. The van der Waals surface area contributed by atoms with Gasteiger partial charge >= 0.3 is 0 Å². The lowest BCUT2D eigenvalue weighted by Gasteiger charge is -2.03. The molecule has 0 aliphatic carbocycles. The van der Waals surface area contributed by atoms with Gasteiger partial charge in [-0.3, -0.25) is 4.79 Å². The van der Waals surface area contributed by atoms with Crippen LogP contribution in [0.25, 0.3) is 0 Å². The van der Waals surface area contributed by atoms with Gasteiger partial charge in [0.25, 0.3) is 0 Å². The number of benzene rings is 1. The number of rotatable bonds is 2. The van der Waals surface area contributed by atoms with Gasteiger partial charge in [-0.1, -0.05) is 35.3 Å². The van der Waals surface area contributed by atoms with Crippen molar-refractivity contribution in [1.82, 2.24) is 9.97 Å². The Kier molecular flexibility index (Phi) is 3.17. The summed E-state index contributed by atoms with van der Waals surface area (Å²) in [7, 11) is 0. The van der Waals surface area contributed by atoms with E-state index >= 15 is 0 Å². The molecule has 1 heterocycles. The van der Waals surface area contributed by atoms with E-state index in [1.165, 1.54) is 12.4 Å². The fraction of sp³-hybridized carbons (Fsp3) is 0. The van der Waals surface area contributed by atoms with E-state index in [4.69, 9.17) is 23.2 Å². The summed E-state index contributed by atoms with van der Waals surface area (Å²) in [5.41, 5.74) is 0.476. The summed E-state index contributed by atoms with van der Waals surface area (Å²) >= 11 is 11.7. The van der Waals surface area contributed by atoms with E-state index < -0.39 is 0 Å². The number of hydrogen-bond donors (Lipinski definition) is 0. The molecule has 5 heteroatoms. The summed E-state index contributed by atoms with van der Waals surface area (Å²) < 4.78 is 0. The van der Waals surface area contributed by atoms with Crippen LogP contribution in [0.3, 0.4) is 0 Å². The van der Waals surface area contributed by atoms with Crippen molar-refractivity contribution >= 4 is 29.0 Å². The van der Waals surface area contributed by atoms with Gasteiger partial charge < -0.3 is 0 Å². The fourth-order valence-electron chi connectivity index (χ4n) is 1.25. The smallest absolute Gasteiger partial charge is 0.216 e. The van der Waals surface area contributed by atoms with Crippen LogP contribution < -0.4 is 0 Å². The molecule has 0 atom stereocenters. The molecule has 0 aliphatic heterocycles. The van der Waals surface area contributed by atoms with Crippen molar-refractivity contribution in [3.63, 3.8) is 0 Å². The molecule has 0 aliphatic rings. The second-order valence-corrected chi connectivity index (χ2v) is 3.77. The summed E-state index contributed by atoms with van der Waals surface area (Å²) in [5, 5.41) is 0.446. The highest BCUT2D eigenvalue weighted by Crippen LogP contribution is 2.20. The lowest BCUT2D eigenvalue weighted by molar-refractivity contribution is 0.103. The molecule has 2 rings (SSSR count). The third-order valence-electron chi connectivity index (χ3n) is 1.99. The molecular weight excluding hydrogens is 247 g/mol. The maximum Gasteiger partial charge on any atom is 0.216 e. The van der Waals surface area contributed by atoms with Crippen LogP contribution in [0.4, 0.5) is 0 Å². The first-order chi connectivity index (χ1) is 7.70. The maximum absolute atomic E-state index is 12.0. The largest absolute Gasteiger partial charge is 0.287 e. The van der Waals surface area contributed by atoms with E-state index in [1.54, 1.807) is 24.3 Å². The number of aromatic nitrogens is 2. The minimum Gasteiger partial charge on any atom is -0.287 e. The quantitative estimate of drug-likeness (QED) is 0.772. The van der Waals surface area contributed by atoms with Gasteiger partial charge in [0, 0.05) is 18.0 Å². The van der Waals surface area contributed by atoms with Gasteiger partial charge in [-0.05, 0) is 12.1 Å². The van der Waals surface area contributed by atoms with Crippen molar-refractivity contribution in [1.29, 1.82) is 0 Å². The van der Waals surface area contributed by atoms with E-state index in [2.05, 4.69) is 9.97 Å². The normalized spacial score (nSPS) is 10.1. The molecule has 0 bridgehead atoms. The monoisotopic (exact) mass is 252 g/mol. The minimum atomic E-state index is -0.330. The highest BCUT2D eigenvalue weighted by atomic mass is 35.5. The third-order valence-corrected chi connectivity index (χ3v) is 2.59. The first-order valence-electron chi connectivity index (χ1n) is 4.46. The Balaban J connectivity index is 2.48. The topological polar surface area (TPSA) is 42.9 Å². The van der Waals surface area contributed by atoms with Gasteiger partial charge in [-0.25, -0.2) is 9.97 Å². The van der Waals surface area contributed by atoms with E-state index in [-0.39, 0.29) is 16.6 Å². The Bertz CT molecular complexity index is 496. The average molecular weight is 253 g/mol. The molecule has 0 fully saturated rings. The van der Waals surface area contributed by atoms with Crippen LogP contribution in [-0.2, 0) is 0 Å². The Morgan fingerprint density at radius 1 is 1.06 bits per heavy atom.